The fraction of sp³-hybridized carbons (Fsp3) is 0.600. The maximum Gasteiger partial charge on any atom is 0.0112 e. The average molecular weight is 217 g/mol. The first kappa shape index (κ1) is 11.7. The van der Waals surface area contributed by atoms with Gasteiger partial charge < -0.3 is 5.32 Å². The molecule has 0 aliphatic heterocycles. The molecule has 1 nitrogen and oxygen atoms in total. The quantitative estimate of drug-likeness (QED) is 0.798. The molecule has 0 heterocycles. The van der Waals surface area contributed by atoms with E-state index < -0.39 is 0 Å². The fourth-order valence-corrected chi connectivity index (χ4v) is 3.04. The molecule has 1 aromatic rings. The molecule has 0 bridgehead atoms. The van der Waals surface area contributed by atoms with Crippen molar-refractivity contribution in [3.8, 4) is 0 Å². The van der Waals surface area contributed by atoms with E-state index in [9.17, 15) is 0 Å². The molecule has 1 aromatic carbocycles. The van der Waals surface area contributed by atoms with Crippen molar-refractivity contribution >= 4 is 0 Å². The van der Waals surface area contributed by atoms with Gasteiger partial charge in [0.1, 0.15) is 0 Å². The Labute approximate surface area is 99.3 Å². The first-order valence-electron chi connectivity index (χ1n) is 6.51. The molecule has 0 amide bonds. The van der Waals surface area contributed by atoms with E-state index in [1.165, 1.54) is 18.4 Å². The number of hydrogen-bond acceptors (Lipinski definition) is 1. The third-order valence-corrected chi connectivity index (χ3v) is 4.10. The van der Waals surface area contributed by atoms with E-state index in [1.54, 1.807) is 5.56 Å². The maximum atomic E-state index is 3.54. The monoisotopic (exact) mass is 217 g/mol. The zero-order valence-electron chi connectivity index (χ0n) is 10.7. The first-order chi connectivity index (χ1) is 7.74. The minimum atomic E-state index is 0.441. The SMILES string of the molecule is CCNCC1(c2ccccc2C)CC1CC. The van der Waals surface area contributed by atoms with Crippen molar-refractivity contribution in [1.82, 2.24) is 5.32 Å². The number of nitrogens with one attached hydrogen (secondary N) is 1. The lowest BCUT2D eigenvalue weighted by Gasteiger charge is -2.20. The standard InChI is InChI=1S/C15H23N/c1-4-13-10-15(13,11-16-5-2)14-9-7-6-8-12(14)3/h6-9,13,16H,4-5,10-11H2,1-3H3. The van der Waals surface area contributed by atoms with Crippen molar-refractivity contribution < 1.29 is 0 Å². The normalized spacial score (nSPS) is 28.1. The Morgan fingerprint density at radius 1 is 1.31 bits per heavy atom. The molecule has 16 heavy (non-hydrogen) atoms. The molecular formula is C15H23N. The predicted octanol–water partition coefficient (Wildman–Crippen LogP) is 3.27. The Balaban J connectivity index is 2.24. The maximum absolute atomic E-state index is 3.54. The van der Waals surface area contributed by atoms with E-state index in [2.05, 4.69) is 50.4 Å². The number of benzene rings is 1. The predicted molar refractivity (Wildman–Crippen MR) is 69.8 cm³/mol. The third-order valence-electron chi connectivity index (χ3n) is 4.10. The molecule has 1 aliphatic rings. The van der Waals surface area contributed by atoms with Gasteiger partial charge >= 0.3 is 0 Å². The van der Waals surface area contributed by atoms with Crippen LogP contribution in [0.15, 0.2) is 24.3 Å². The molecule has 1 fully saturated rings. The van der Waals surface area contributed by atoms with Crippen molar-refractivity contribution in [2.24, 2.45) is 5.92 Å². The van der Waals surface area contributed by atoms with Gasteiger partial charge in [0.15, 0.2) is 0 Å². The van der Waals surface area contributed by atoms with Crippen LogP contribution in [0.1, 0.15) is 37.8 Å². The Morgan fingerprint density at radius 2 is 2.06 bits per heavy atom. The lowest BCUT2D eigenvalue weighted by molar-refractivity contribution is 0.532. The van der Waals surface area contributed by atoms with E-state index in [0.717, 1.165) is 19.0 Å². The van der Waals surface area contributed by atoms with Crippen LogP contribution in [0.3, 0.4) is 0 Å². The second-order valence-electron chi connectivity index (χ2n) is 5.06. The summed E-state index contributed by atoms with van der Waals surface area (Å²) in [6.07, 6.45) is 2.67. The number of rotatable bonds is 5. The summed E-state index contributed by atoms with van der Waals surface area (Å²) in [5.41, 5.74) is 3.47. The molecule has 88 valence electrons. The Bertz CT molecular complexity index is 358. The highest BCUT2D eigenvalue weighted by atomic mass is 14.9. The third kappa shape index (κ3) is 1.89. The highest BCUT2D eigenvalue weighted by Crippen LogP contribution is 2.56. The van der Waals surface area contributed by atoms with Crippen molar-refractivity contribution in [2.45, 2.75) is 39.0 Å². The number of hydrogen-bond donors (Lipinski definition) is 1. The first-order valence-corrected chi connectivity index (χ1v) is 6.51. The van der Waals surface area contributed by atoms with Crippen LogP contribution >= 0.6 is 0 Å². The van der Waals surface area contributed by atoms with Crippen molar-refractivity contribution in [3.05, 3.63) is 35.4 Å². The molecule has 1 saturated carbocycles. The summed E-state index contributed by atoms with van der Waals surface area (Å²) in [4.78, 5) is 0. The van der Waals surface area contributed by atoms with Crippen molar-refractivity contribution in [1.29, 1.82) is 0 Å². The Hall–Kier alpha value is -0.820. The second-order valence-corrected chi connectivity index (χ2v) is 5.06. The van der Waals surface area contributed by atoms with Gasteiger partial charge in [-0.25, -0.2) is 0 Å². The zero-order chi connectivity index (χ0) is 11.6. The van der Waals surface area contributed by atoms with Crippen LogP contribution in [0, 0.1) is 12.8 Å². The van der Waals surface area contributed by atoms with Gasteiger partial charge in [-0.3, -0.25) is 0 Å². The Morgan fingerprint density at radius 3 is 2.62 bits per heavy atom. The van der Waals surface area contributed by atoms with Gasteiger partial charge in [-0.1, -0.05) is 44.5 Å². The van der Waals surface area contributed by atoms with E-state index in [-0.39, 0.29) is 0 Å². The van der Waals surface area contributed by atoms with Crippen LogP contribution in [0.25, 0.3) is 0 Å². The minimum Gasteiger partial charge on any atom is -0.316 e. The molecule has 0 radical (unpaired) electrons. The molecule has 0 spiro atoms. The minimum absolute atomic E-state index is 0.441. The summed E-state index contributed by atoms with van der Waals surface area (Å²) in [6.45, 7) is 8.97. The zero-order valence-corrected chi connectivity index (χ0v) is 10.7. The molecule has 1 heteroatoms. The molecular weight excluding hydrogens is 194 g/mol. The van der Waals surface area contributed by atoms with E-state index >= 15 is 0 Å². The lowest BCUT2D eigenvalue weighted by atomic mass is 9.89. The van der Waals surface area contributed by atoms with Gasteiger partial charge in [-0.15, -0.1) is 0 Å². The number of aryl methyl sites for hydroxylation is 1. The van der Waals surface area contributed by atoms with Gasteiger partial charge in [0, 0.05) is 12.0 Å². The molecule has 2 unspecified atom stereocenters. The van der Waals surface area contributed by atoms with Crippen LogP contribution in [-0.4, -0.2) is 13.1 Å². The van der Waals surface area contributed by atoms with Crippen LogP contribution in [0.5, 0.6) is 0 Å². The van der Waals surface area contributed by atoms with Crippen molar-refractivity contribution in [2.75, 3.05) is 13.1 Å². The van der Waals surface area contributed by atoms with Gasteiger partial charge in [-0.05, 0) is 36.9 Å². The second kappa shape index (κ2) is 4.58. The summed E-state index contributed by atoms with van der Waals surface area (Å²) in [7, 11) is 0. The number of likely N-dealkylation sites (N-methyl/N-ethyl adjacent to an activating group) is 1. The summed E-state index contributed by atoms with van der Waals surface area (Å²) in [5.74, 6) is 0.882. The summed E-state index contributed by atoms with van der Waals surface area (Å²) < 4.78 is 0. The van der Waals surface area contributed by atoms with E-state index in [1.807, 2.05) is 0 Å². The van der Waals surface area contributed by atoms with Crippen molar-refractivity contribution in [3.63, 3.8) is 0 Å². The van der Waals surface area contributed by atoms with Crippen LogP contribution in [0.2, 0.25) is 0 Å². The van der Waals surface area contributed by atoms with Gasteiger partial charge in [0.25, 0.3) is 0 Å². The fourth-order valence-electron chi connectivity index (χ4n) is 3.04. The van der Waals surface area contributed by atoms with Gasteiger partial charge in [0.2, 0.25) is 0 Å². The van der Waals surface area contributed by atoms with Crippen LogP contribution < -0.4 is 5.32 Å². The summed E-state index contributed by atoms with van der Waals surface area (Å²) in [6, 6.07) is 8.89. The summed E-state index contributed by atoms with van der Waals surface area (Å²) in [5, 5.41) is 3.54. The smallest absolute Gasteiger partial charge is 0.0112 e. The van der Waals surface area contributed by atoms with Crippen LogP contribution in [-0.2, 0) is 5.41 Å². The molecule has 0 saturated heterocycles. The molecule has 1 N–H and O–H groups in total. The molecule has 0 aromatic heterocycles. The molecule has 2 rings (SSSR count). The van der Waals surface area contributed by atoms with Crippen LogP contribution in [0.4, 0.5) is 0 Å². The largest absolute Gasteiger partial charge is 0.316 e. The summed E-state index contributed by atoms with van der Waals surface area (Å²) >= 11 is 0. The van der Waals surface area contributed by atoms with Gasteiger partial charge in [0.05, 0.1) is 0 Å². The lowest BCUT2D eigenvalue weighted by Crippen LogP contribution is -2.29. The van der Waals surface area contributed by atoms with E-state index in [0.29, 0.717) is 5.41 Å². The molecule has 2 atom stereocenters. The Kier molecular flexibility index (Phi) is 3.34. The highest BCUT2D eigenvalue weighted by Gasteiger charge is 2.53. The average Bonchev–Trinajstić information content (AvgIpc) is 3.02. The van der Waals surface area contributed by atoms with E-state index in [4.69, 9.17) is 0 Å². The topological polar surface area (TPSA) is 12.0 Å². The highest BCUT2D eigenvalue weighted by molar-refractivity contribution is 5.40. The molecule has 1 aliphatic carbocycles. The van der Waals surface area contributed by atoms with Gasteiger partial charge in [-0.2, -0.15) is 0 Å².